The molecule has 2 heterocycles. The molecule has 0 radical (unpaired) electrons. The second-order valence-corrected chi connectivity index (χ2v) is 9.26. The first-order valence-electron chi connectivity index (χ1n) is 12.6. The summed E-state index contributed by atoms with van der Waals surface area (Å²) in [4.78, 5) is 44.1. The highest BCUT2D eigenvalue weighted by Gasteiger charge is 2.27. The maximum atomic E-state index is 13.5. The van der Waals surface area contributed by atoms with Gasteiger partial charge in [-0.05, 0) is 56.5 Å². The summed E-state index contributed by atoms with van der Waals surface area (Å²) < 4.78 is 0. The van der Waals surface area contributed by atoms with Crippen molar-refractivity contribution in [2.75, 3.05) is 54.8 Å². The van der Waals surface area contributed by atoms with Crippen LogP contribution in [0, 0.1) is 6.92 Å². The lowest BCUT2D eigenvalue weighted by atomic mass is 10.1. The first kappa shape index (κ1) is 24.6. The fourth-order valence-electron chi connectivity index (χ4n) is 4.57. The zero-order chi connectivity index (χ0) is 24.8. The first-order chi connectivity index (χ1) is 16.9. The van der Waals surface area contributed by atoms with Crippen LogP contribution in [0.1, 0.15) is 48.5 Å². The Labute approximate surface area is 207 Å². The summed E-state index contributed by atoms with van der Waals surface area (Å²) in [5, 5.41) is 5.84. The Bertz CT molecular complexity index is 1050. The number of aryl methyl sites for hydroxylation is 1. The van der Waals surface area contributed by atoms with Gasteiger partial charge in [-0.1, -0.05) is 24.6 Å². The number of piperidine rings is 1. The maximum absolute atomic E-state index is 13.5. The number of rotatable bonds is 5. The van der Waals surface area contributed by atoms with Crippen LogP contribution in [-0.2, 0) is 4.79 Å². The molecule has 0 aliphatic carbocycles. The van der Waals surface area contributed by atoms with Crippen LogP contribution in [-0.4, -0.2) is 66.9 Å². The Morgan fingerprint density at radius 1 is 0.771 bits per heavy atom. The predicted octanol–water partition coefficient (Wildman–Crippen LogP) is 4.32. The predicted molar refractivity (Wildman–Crippen MR) is 139 cm³/mol. The number of hydrogen-bond acceptors (Lipinski definition) is 4. The van der Waals surface area contributed by atoms with Crippen LogP contribution >= 0.6 is 0 Å². The van der Waals surface area contributed by atoms with E-state index in [4.69, 9.17) is 0 Å². The summed E-state index contributed by atoms with van der Waals surface area (Å²) in [6.07, 6.45) is 3.56. The minimum absolute atomic E-state index is 0.00633. The molecule has 4 amide bonds. The zero-order valence-corrected chi connectivity index (χ0v) is 20.7. The van der Waals surface area contributed by atoms with Gasteiger partial charge in [0, 0.05) is 62.8 Å². The highest BCUT2D eigenvalue weighted by molar-refractivity contribution is 6.02. The average molecular weight is 478 g/mol. The number of benzene rings is 2. The maximum Gasteiger partial charge on any atom is 0.321 e. The van der Waals surface area contributed by atoms with E-state index in [1.807, 2.05) is 48.2 Å². The number of likely N-dealkylation sites (tertiary alicyclic amines) is 1. The third-order valence-electron chi connectivity index (χ3n) is 6.69. The minimum Gasteiger partial charge on any atom is -0.367 e. The number of urea groups is 1. The number of amides is 4. The van der Waals surface area contributed by atoms with Crippen molar-refractivity contribution >= 4 is 34.9 Å². The molecule has 2 N–H and O–H groups in total. The molecule has 2 aromatic carbocycles. The highest BCUT2D eigenvalue weighted by atomic mass is 16.2. The molecule has 2 saturated heterocycles. The molecule has 35 heavy (non-hydrogen) atoms. The van der Waals surface area contributed by atoms with Crippen molar-refractivity contribution in [2.45, 2.75) is 39.5 Å². The molecule has 8 heteroatoms. The van der Waals surface area contributed by atoms with E-state index in [0.717, 1.165) is 49.3 Å². The highest BCUT2D eigenvalue weighted by Crippen LogP contribution is 2.28. The third kappa shape index (κ3) is 6.12. The van der Waals surface area contributed by atoms with Gasteiger partial charge in [-0.15, -0.1) is 0 Å². The van der Waals surface area contributed by atoms with Gasteiger partial charge in [-0.2, -0.15) is 0 Å². The van der Waals surface area contributed by atoms with Crippen molar-refractivity contribution in [3.05, 3.63) is 53.6 Å². The van der Waals surface area contributed by atoms with Crippen LogP contribution in [0.5, 0.6) is 0 Å². The summed E-state index contributed by atoms with van der Waals surface area (Å²) >= 11 is 0. The van der Waals surface area contributed by atoms with E-state index in [0.29, 0.717) is 43.9 Å². The Morgan fingerprint density at radius 2 is 1.43 bits per heavy atom. The van der Waals surface area contributed by atoms with Gasteiger partial charge in [0.25, 0.3) is 5.91 Å². The van der Waals surface area contributed by atoms with Crippen LogP contribution in [0.3, 0.4) is 0 Å². The summed E-state index contributed by atoms with van der Waals surface area (Å²) in [5.74, 6) is -0.0748. The van der Waals surface area contributed by atoms with Crippen LogP contribution < -0.4 is 15.5 Å². The lowest BCUT2D eigenvalue weighted by Crippen LogP contribution is -2.50. The second kappa shape index (κ2) is 11.3. The largest absolute Gasteiger partial charge is 0.367 e. The number of carbonyl (C=O) groups excluding carboxylic acids is 3. The van der Waals surface area contributed by atoms with Crippen molar-refractivity contribution in [1.82, 2.24) is 9.80 Å². The molecule has 2 fully saturated rings. The van der Waals surface area contributed by atoms with E-state index in [1.54, 1.807) is 17.9 Å². The molecule has 2 aliphatic heterocycles. The van der Waals surface area contributed by atoms with Gasteiger partial charge < -0.3 is 25.3 Å². The number of nitrogens with one attached hydrogen (secondary N) is 2. The monoisotopic (exact) mass is 477 g/mol. The van der Waals surface area contributed by atoms with Crippen LogP contribution in [0.2, 0.25) is 0 Å². The Morgan fingerprint density at radius 3 is 2.09 bits per heavy atom. The molecule has 0 spiro atoms. The van der Waals surface area contributed by atoms with E-state index in [1.165, 1.54) is 0 Å². The molecule has 0 unspecified atom stereocenters. The molecular formula is C27H35N5O3. The van der Waals surface area contributed by atoms with Crippen molar-refractivity contribution in [2.24, 2.45) is 0 Å². The van der Waals surface area contributed by atoms with Crippen LogP contribution in [0.25, 0.3) is 0 Å². The lowest BCUT2D eigenvalue weighted by Gasteiger charge is -2.37. The number of piperazine rings is 1. The first-order valence-corrected chi connectivity index (χ1v) is 12.6. The molecule has 0 atom stereocenters. The molecule has 0 aromatic heterocycles. The van der Waals surface area contributed by atoms with Gasteiger partial charge in [0.1, 0.15) is 0 Å². The smallest absolute Gasteiger partial charge is 0.321 e. The number of hydrogen-bond donors (Lipinski definition) is 2. The van der Waals surface area contributed by atoms with E-state index in [9.17, 15) is 14.4 Å². The van der Waals surface area contributed by atoms with Gasteiger partial charge in [-0.25, -0.2) is 4.79 Å². The molecule has 4 rings (SSSR count). The van der Waals surface area contributed by atoms with Crippen LogP contribution in [0.15, 0.2) is 42.5 Å². The SMILES string of the molecule is CCC(=O)Nc1ccc(N2CCN(C(=O)Nc3ccc(C)cc3)CC2)c(C(=O)N2CCCCC2)c1. The quantitative estimate of drug-likeness (QED) is 0.672. The summed E-state index contributed by atoms with van der Waals surface area (Å²) in [7, 11) is 0. The number of carbonyl (C=O) groups is 3. The molecule has 186 valence electrons. The summed E-state index contributed by atoms with van der Waals surface area (Å²) in [5.41, 5.74) is 4.03. The van der Waals surface area contributed by atoms with Gasteiger partial charge in [0.2, 0.25) is 5.91 Å². The Hall–Kier alpha value is -3.55. The van der Waals surface area contributed by atoms with Crippen LogP contribution in [0.4, 0.5) is 21.9 Å². The zero-order valence-electron chi connectivity index (χ0n) is 20.7. The Kier molecular flexibility index (Phi) is 7.90. The van der Waals surface area contributed by atoms with Crippen molar-refractivity contribution in [3.63, 3.8) is 0 Å². The fraction of sp³-hybridized carbons (Fsp3) is 0.444. The van der Waals surface area contributed by atoms with E-state index in [-0.39, 0.29) is 17.8 Å². The Balaban J connectivity index is 1.47. The number of nitrogens with zero attached hydrogens (tertiary/aromatic N) is 3. The molecule has 8 nitrogen and oxygen atoms in total. The normalized spacial score (nSPS) is 16.1. The molecule has 2 aromatic rings. The second-order valence-electron chi connectivity index (χ2n) is 9.26. The van der Waals surface area contributed by atoms with E-state index >= 15 is 0 Å². The summed E-state index contributed by atoms with van der Waals surface area (Å²) in [6, 6.07) is 13.2. The van der Waals surface area contributed by atoms with Crippen molar-refractivity contribution in [3.8, 4) is 0 Å². The minimum atomic E-state index is -0.115. The third-order valence-corrected chi connectivity index (χ3v) is 6.69. The standard InChI is InChI=1S/C27H35N5O3/c1-3-25(33)28-22-11-12-24(23(19-22)26(34)31-13-5-4-6-14-31)30-15-17-32(18-16-30)27(35)29-21-9-7-20(2)8-10-21/h7-12,19H,3-6,13-18H2,1-2H3,(H,28,33)(H,29,35). The molecule has 2 aliphatic rings. The average Bonchev–Trinajstić information content (AvgIpc) is 2.90. The van der Waals surface area contributed by atoms with E-state index < -0.39 is 0 Å². The van der Waals surface area contributed by atoms with Gasteiger partial charge >= 0.3 is 6.03 Å². The lowest BCUT2D eigenvalue weighted by molar-refractivity contribution is -0.115. The summed E-state index contributed by atoms with van der Waals surface area (Å²) in [6.45, 7) is 7.71. The van der Waals surface area contributed by atoms with Gasteiger partial charge in [0.05, 0.1) is 5.56 Å². The molecule has 0 bridgehead atoms. The van der Waals surface area contributed by atoms with Crippen molar-refractivity contribution in [1.29, 1.82) is 0 Å². The van der Waals surface area contributed by atoms with E-state index in [2.05, 4.69) is 15.5 Å². The van der Waals surface area contributed by atoms with Gasteiger partial charge in [-0.3, -0.25) is 9.59 Å². The topological polar surface area (TPSA) is 85.0 Å². The number of anilines is 3. The molecular weight excluding hydrogens is 442 g/mol. The van der Waals surface area contributed by atoms with Crippen molar-refractivity contribution < 1.29 is 14.4 Å². The van der Waals surface area contributed by atoms with Gasteiger partial charge in [0.15, 0.2) is 0 Å². The molecule has 0 saturated carbocycles. The fourth-order valence-corrected chi connectivity index (χ4v) is 4.57.